The van der Waals surface area contributed by atoms with Crippen LogP contribution in [0.2, 0.25) is 0 Å². The second-order valence-corrected chi connectivity index (χ2v) is 7.23. The molecule has 0 radical (unpaired) electrons. The molecule has 4 N–H and O–H groups in total. The highest BCUT2D eigenvalue weighted by molar-refractivity contribution is 6.06. The molecule has 9 nitrogen and oxygen atoms in total. The minimum Gasteiger partial charge on any atom is -0.450 e. The van der Waals surface area contributed by atoms with Crippen LogP contribution in [0.1, 0.15) is 30.0 Å². The molecule has 0 aromatic heterocycles. The Morgan fingerprint density at radius 3 is 2.56 bits per heavy atom. The van der Waals surface area contributed by atoms with Gasteiger partial charge in [0.05, 0.1) is 12.0 Å². The average Bonchev–Trinajstić information content (AvgIpc) is 3.19. The molecule has 0 spiro atoms. The van der Waals surface area contributed by atoms with Crippen molar-refractivity contribution in [3.8, 4) is 0 Å². The van der Waals surface area contributed by atoms with Gasteiger partial charge in [0.25, 0.3) is 0 Å². The van der Waals surface area contributed by atoms with Crippen LogP contribution < -0.4 is 5.73 Å². The van der Waals surface area contributed by atoms with E-state index in [1.807, 2.05) is 4.90 Å². The van der Waals surface area contributed by atoms with Crippen LogP contribution >= 0.6 is 0 Å². The molecule has 3 heterocycles. The Labute approximate surface area is 155 Å². The number of carboxylic acid groups (broad SMARTS) is 1. The predicted octanol–water partition coefficient (Wildman–Crippen LogP) is 0.743. The van der Waals surface area contributed by atoms with Gasteiger partial charge < -0.3 is 15.6 Å². The number of hydrogen-bond donors (Lipinski definition) is 3. The maximum atomic E-state index is 12.8. The highest BCUT2D eigenvalue weighted by Gasteiger charge is 2.71. The van der Waals surface area contributed by atoms with Gasteiger partial charge in [-0.3, -0.25) is 24.8 Å². The zero-order chi connectivity index (χ0) is 19.5. The third kappa shape index (κ3) is 2.27. The molecule has 3 aliphatic heterocycles. The van der Waals surface area contributed by atoms with Crippen LogP contribution in [0.25, 0.3) is 0 Å². The van der Waals surface area contributed by atoms with E-state index in [2.05, 4.69) is 0 Å². The number of amidine groups is 1. The summed E-state index contributed by atoms with van der Waals surface area (Å²) in [6, 6.07) is 6.43. The minimum absolute atomic E-state index is 0.0672. The van der Waals surface area contributed by atoms with Crippen LogP contribution in [0.4, 0.5) is 4.79 Å². The Hall–Kier alpha value is -2.94. The lowest BCUT2D eigenvalue weighted by molar-refractivity contribution is -0.152. The molecule has 27 heavy (non-hydrogen) atoms. The van der Waals surface area contributed by atoms with Crippen LogP contribution in [0.3, 0.4) is 0 Å². The van der Waals surface area contributed by atoms with Crippen molar-refractivity contribution in [2.45, 2.75) is 24.6 Å². The zero-order valence-electron chi connectivity index (χ0n) is 14.7. The van der Waals surface area contributed by atoms with Gasteiger partial charge in [-0.25, -0.2) is 4.79 Å². The van der Waals surface area contributed by atoms with Crippen molar-refractivity contribution in [1.82, 2.24) is 9.80 Å². The second-order valence-electron chi connectivity index (χ2n) is 7.23. The van der Waals surface area contributed by atoms with E-state index in [1.54, 1.807) is 24.3 Å². The molecule has 0 bridgehead atoms. The van der Waals surface area contributed by atoms with Gasteiger partial charge in [0, 0.05) is 25.6 Å². The summed E-state index contributed by atoms with van der Waals surface area (Å²) < 4.78 is 5.31. The van der Waals surface area contributed by atoms with Gasteiger partial charge in [0.2, 0.25) is 11.8 Å². The number of rotatable bonds is 3. The van der Waals surface area contributed by atoms with E-state index < -0.39 is 35.7 Å². The number of hydrogen-bond acceptors (Lipinski definition) is 6. The summed E-state index contributed by atoms with van der Waals surface area (Å²) in [5.74, 6) is -2.35. The number of nitrogens with one attached hydrogen (secondary N) is 1. The van der Waals surface area contributed by atoms with Gasteiger partial charge in [-0.2, -0.15) is 0 Å². The molecule has 0 aliphatic carbocycles. The molecule has 3 saturated heterocycles. The van der Waals surface area contributed by atoms with E-state index in [0.717, 1.165) is 10.5 Å². The number of amides is 2. The highest BCUT2D eigenvalue weighted by atomic mass is 16.7. The van der Waals surface area contributed by atoms with Crippen molar-refractivity contribution in [2.75, 3.05) is 13.6 Å². The van der Waals surface area contributed by atoms with Crippen LogP contribution in [-0.2, 0) is 14.3 Å². The van der Waals surface area contributed by atoms with E-state index in [-0.39, 0.29) is 11.7 Å². The summed E-state index contributed by atoms with van der Waals surface area (Å²) in [5, 5.41) is 16.8. The van der Waals surface area contributed by atoms with E-state index >= 15 is 0 Å². The van der Waals surface area contributed by atoms with Gasteiger partial charge in [-0.05, 0) is 12.0 Å². The smallest absolute Gasteiger partial charge is 0.450 e. The van der Waals surface area contributed by atoms with Crippen molar-refractivity contribution >= 4 is 23.8 Å². The molecule has 4 unspecified atom stereocenters. The molecular weight excluding hydrogens is 352 g/mol. The summed E-state index contributed by atoms with van der Waals surface area (Å²) in [6.07, 6.45) is -0.415. The minimum atomic E-state index is -1.46. The third-order valence-electron chi connectivity index (χ3n) is 5.98. The monoisotopic (exact) mass is 372 g/mol. The topological polar surface area (TPSA) is 137 Å². The largest absolute Gasteiger partial charge is 0.507 e. The van der Waals surface area contributed by atoms with Crippen molar-refractivity contribution in [1.29, 1.82) is 5.41 Å². The third-order valence-corrected chi connectivity index (χ3v) is 5.98. The second kappa shape index (κ2) is 5.78. The van der Waals surface area contributed by atoms with E-state index in [1.165, 1.54) is 7.05 Å². The molecule has 142 valence electrons. The Bertz CT molecular complexity index is 854. The highest BCUT2D eigenvalue weighted by Crippen LogP contribution is 2.59. The molecule has 1 aromatic carbocycles. The van der Waals surface area contributed by atoms with Gasteiger partial charge in [-0.1, -0.05) is 24.3 Å². The quantitative estimate of drug-likeness (QED) is 0.308. The van der Waals surface area contributed by atoms with Crippen LogP contribution in [-0.4, -0.2) is 58.0 Å². The van der Waals surface area contributed by atoms with Gasteiger partial charge in [0.1, 0.15) is 11.8 Å². The van der Waals surface area contributed by atoms with Crippen molar-refractivity contribution in [2.24, 2.45) is 17.6 Å². The number of imide groups is 1. The Morgan fingerprint density at radius 1 is 1.30 bits per heavy atom. The number of likely N-dealkylation sites (tertiary alicyclic amines) is 1. The average molecular weight is 372 g/mol. The fourth-order valence-electron chi connectivity index (χ4n) is 4.94. The van der Waals surface area contributed by atoms with Crippen molar-refractivity contribution < 1.29 is 24.2 Å². The normalized spacial score (nSPS) is 32.5. The van der Waals surface area contributed by atoms with Crippen LogP contribution in [0.5, 0.6) is 0 Å². The van der Waals surface area contributed by atoms with E-state index in [0.29, 0.717) is 24.9 Å². The lowest BCUT2D eigenvalue weighted by Gasteiger charge is -2.36. The van der Waals surface area contributed by atoms with E-state index in [9.17, 15) is 19.5 Å². The molecule has 3 aliphatic rings. The summed E-state index contributed by atoms with van der Waals surface area (Å²) in [7, 11) is 1.42. The van der Waals surface area contributed by atoms with Crippen LogP contribution in [0, 0.1) is 17.2 Å². The molecule has 4 rings (SSSR count). The number of carbonyl (C=O) groups is 3. The SMILES string of the molecule is CN1C(=O)C2C(c3ccc(C(=N)N)cc3)N3CCCC3(OC(=O)O)C2C1=O. The number of ether oxygens (including phenoxy) is 1. The number of nitrogens with zero attached hydrogens (tertiary/aromatic N) is 2. The lowest BCUT2D eigenvalue weighted by Crippen LogP contribution is -2.50. The summed E-state index contributed by atoms with van der Waals surface area (Å²) in [5.41, 5.74) is 5.50. The Morgan fingerprint density at radius 2 is 1.96 bits per heavy atom. The van der Waals surface area contributed by atoms with E-state index in [4.69, 9.17) is 15.9 Å². The number of fused-ring (bicyclic) bond motifs is 3. The number of nitrogen functional groups attached to an aromatic ring is 1. The van der Waals surface area contributed by atoms with Crippen molar-refractivity contribution in [3.63, 3.8) is 0 Å². The maximum Gasteiger partial charge on any atom is 0.507 e. The lowest BCUT2D eigenvalue weighted by atomic mass is 9.83. The fraction of sp³-hybridized carbons (Fsp3) is 0.444. The predicted molar refractivity (Wildman–Crippen MR) is 92.7 cm³/mol. The molecular formula is C18H20N4O5. The molecule has 9 heteroatoms. The number of nitrogens with two attached hydrogens (primary N) is 1. The number of carbonyl (C=O) groups excluding carboxylic acids is 2. The zero-order valence-corrected chi connectivity index (χ0v) is 14.7. The fourth-order valence-corrected chi connectivity index (χ4v) is 4.94. The first kappa shape index (κ1) is 17.5. The Balaban J connectivity index is 1.83. The first-order chi connectivity index (χ1) is 12.8. The molecule has 2 amide bonds. The molecule has 1 aromatic rings. The summed E-state index contributed by atoms with van der Waals surface area (Å²) in [4.78, 5) is 40.0. The van der Waals surface area contributed by atoms with Gasteiger partial charge in [-0.15, -0.1) is 0 Å². The van der Waals surface area contributed by atoms with Gasteiger partial charge in [0.15, 0.2) is 5.72 Å². The standard InChI is InChI=1S/C18H20N4O5/c1-21-15(23)11-12(16(21)24)18(27-17(25)26)7-2-8-22(18)13(11)9-3-5-10(6-4-9)14(19)20/h3-6,11-13H,2,7-8H2,1H3,(H3,19,20)(H,25,26). The Kier molecular flexibility index (Phi) is 3.74. The van der Waals surface area contributed by atoms with Crippen molar-refractivity contribution in [3.05, 3.63) is 35.4 Å². The molecule has 4 atom stereocenters. The van der Waals surface area contributed by atoms with Gasteiger partial charge >= 0.3 is 6.16 Å². The first-order valence-electron chi connectivity index (χ1n) is 8.72. The summed E-state index contributed by atoms with van der Waals surface area (Å²) >= 11 is 0. The molecule has 0 saturated carbocycles. The summed E-state index contributed by atoms with van der Waals surface area (Å²) in [6.45, 7) is 0.531. The maximum absolute atomic E-state index is 12.8. The van der Waals surface area contributed by atoms with Crippen LogP contribution in [0.15, 0.2) is 24.3 Å². The first-order valence-corrected chi connectivity index (χ1v) is 8.72. The molecule has 3 fully saturated rings. The number of benzene rings is 1.